The molecule has 59 heavy (non-hydrogen) atoms. The zero-order valence-corrected chi connectivity index (χ0v) is 37.8. The minimum atomic E-state index is -4.60. The number of hydrogen-bond acceptors (Lipinski definition) is 11. The molecule has 1 heterocycles. The van der Waals surface area contributed by atoms with Crippen LogP contribution < -0.4 is 0 Å². The average Bonchev–Trinajstić information content (AvgIpc) is 3.20. The molecule has 0 aromatic rings. The summed E-state index contributed by atoms with van der Waals surface area (Å²) in [6, 6.07) is 0. The third kappa shape index (κ3) is 31.8. The number of rotatable bonds is 41. The number of carbonyl (C=O) groups excluding carboxylic acids is 2. The molecule has 1 aliphatic heterocycles. The van der Waals surface area contributed by atoms with Crippen LogP contribution in [-0.2, 0) is 38.7 Å². The molecule has 6 atom stereocenters. The largest absolute Gasteiger partial charge is 0.462 e. The molecule has 348 valence electrons. The zero-order chi connectivity index (χ0) is 43.4. The number of hydrogen-bond donors (Lipinski definition) is 4. The van der Waals surface area contributed by atoms with Crippen molar-refractivity contribution in [2.24, 2.45) is 0 Å². The fourth-order valence-electron chi connectivity index (χ4n) is 7.54. The maximum Gasteiger partial charge on any atom is 0.306 e. The van der Waals surface area contributed by atoms with E-state index in [1.165, 1.54) is 135 Å². The predicted molar refractivity (Wildman–Crippen MR) is 234 cm³/mol. The molecule has 0 aliphatic carbocycles. The van der Waals surface area contributed by atoms with Crippen LogP contribution in [0, 0.1) is 0 Å². The van der Waals surface area contributed by atoms with E-state index in [9.17, 15) is 37.9 Å². The van der Waals surface area contributed by atoms with Crippen molar-refractivity contribution in [2.75, 3.05) is 19.0 Å². The van der Waals surface area contributed by atoms with Crippen molar-refractivity contribution >= 4 is 22.1 Å². The highest BCUT2D eigenvalue weighted by Gasteiger charge is 2.46. The zero-order valence-electron chi connectivity index (χ0n) is 37.0. The van der Waals surface area contributed by atoms with Gasteiger partial charge >= 0.3 is 11.9 Å². The van der Waals surface area contributed by atoms with Crippen LogP contribution in [0.4, 0.5) is 0 Å². The van der Waals surface area contributed by atoms with Crippen molar-refractivity contribution < 1.29 is 56.8 Å². The molecule has 0 aromatic carbocycles. The van der Waals surface area contributed by atoms with E-state index < -0.39 is 71.2 Å². The Morgan fingerprint density at radius 3 is 1.42 bits per heavy atom. The van der Waals surface area contributed by atoms with Crippen molar-refractivity contribution in [1.82, 2.24) is 0 Å². The van der Waals surface area contributed by atoms with Crippen LogP contribution in [0.1, 0.15) is 212 Å². The second-order valence-corrected chi connectivity index (χ2v) is 18.4. The summed E-state index contributed by atoms with van der Waals surface area (Å²) < 4.78 is 54.1. The third-order valence-corrected chi connectivity index (χ3v) is 12.0. The molecular formula is C46H86O12S. The summed E-state index contributed by atoms with van der Waals surface area (Å²) in [5.41, 5.74) is 0. The first-order valence-electron chi connectivity index (χ1n) is 23.7. The summed E-state index contributed by atoms with van der Waals surface area (Å²) in [5, 5.41) is 30.9. The van der Waals surface area contributed by atoms with E-state index in [0.29, 0.717) is 12.8 Å². The Labute approximate surface area is 358 Å². The van der Waals surface area contributed by atoms with Gasteiger partial charge in [-0.15, -0.1) is 6.58 Å². The van der Waals surface area contributed by atoms with Gasteiger partial charge in [0.05, 0.1) is 6.61 Å². The van der Waals surface area contributed by atoms with Gasteiger partial charge in [0.1, 0.15) is 36.8 Å². The van der Waals surface area contributed by atoms with Crippen molar-refractivity contribution in [2.45, 2.75) is 249 Å². The van der Waals surface area contributed by atoms with Crippen molar-refractivity contribution in [3.63, 3.8) is 0 Å². The summed E-state index contributed by atoms with van der Waals surface area (Å²) in [5.74, 6) is -1.97. The number of ether oxygens (including phenoxy) is 4. The number of aliphatic hydroxyl groups is 3. The van der Waals surface area contributed by atoms with E-state index in [2.05, 4.69) is 13.5 Å². The summed E-state index contributed by atoms with van der Waals surface area (Å²) >= 11 is 0. The van der Waals surface area contributed by atoms with E-state index in [0.717, 1.165) is 44.9 Å². The van der Waals surface area contributed by atoms with Crippen LogP contribution in [0.3, 0.4) is 0 Å². The molecule has 2 unspecified atom stereocenters. The van der Waals surface area contributed by atoms with Gasteiger partial charge < -0.3 is 34.3 Å². The summed E-state index contributed by atoms with van der Waals surface area (Å²) in [7, 11) is -4.60. The maximum absolute atomic E-state index is 12.8. The Bertz CT molecular complexity index is 1140. The van der Waals surface area contributed by atoms with Gasteiger partial charge in [0.2, 0.25) is 0 Å². The summed E-state index contributed by atoms with van der Waals surface area (Å²) in [6.07, 6.45) is 28.6. The smallest absolute Gasteiger partial charge is 0.306 e. The number of unbranched alkanes of at least 4 members (excludes halogenated alkanes) is 28. The van der Waals surface area contributed by atoms with E-state index in [-0.39, 0.29) is 19.4 Å². The topological polar surface area (TPSA) is 186 Å². The van der Waals surface area contributed by atoms with Gasteiger partial charge in [0.15, 0.2) is 12.4 Å². The molecule has 1 fully saturated rings. The molecule has 0 saturated carbocycles. The third-order valence-electron chi connectivity index (χ3n) is 11.2. The van der Waals surface area contributed by atoms with Crippen LogP contribution in [-0.4, -0.2) is 96.0 Å². The Morgan fingerprint density at radius 1 is 0.593 bits per heavy atom. The van der Waals surface area contributed by atoms with Crippen molar-refractivity contribution in [3.8, 4) is 0 Å². The molecule has 1 saturated heterocycles. The minimum absolute atomic E-state index is 0.167. The van der Waals surface area contributed by atoms with E-state index in [1.54, 1.807) is 0 Å². The standard InChI is InChI=1S/C46H86O12S/c1-3-5-7-9-11-13-15-17-19-21-22-24-26-28-30-32-34-41(47)55-36-39(37-56-46-45(51)44(50)43(49)40(58-46)38-59(52,53)54)57-42(48)35-33-31-29-27-25-23-20-18-16-14-12-10-8-6-4-2/h4,39-40,43-46,49-51H,2-3,5-38H2,1H3,(H,52,53,54)/t39-,40-,43-,44?,45?,46+/m1/s1. The van der Waals surface area contributed by atoms with Gasteiger partial charge in [-0.3, -0.25) is 14.1 Å². The molecule has 0 amide bonds. The fraction of sp³-hybridized carbons (Fsp3) is 0.913. The molecule has 0 bridgehead atoms. The quantitative estimate of drug-likeness (QED) is 0.0198. The summed E-state index contributed by atoms with van der Waals surface area (Å²) in [6.45, 7) is 5.31. The predicted octanol–water partition coefficient (Wildman–Crippen LogP) is 9.84. The molecule has 13 heteroatoms. The van der Waals surface area contributed by atoms with E-state index in [4.69, 9.17) is 18.9 Å². The lowest BCUT2D eigenvalue weighted by Crippen LogP contribution is -2.60. The first kappa shape index (κ1) is 55.4. The van der Waals surface area contributed by atoms with Crippen LogP contribution in [0.5, 0.6) is 0 Å². The maximum atomic E-state index is 12.8. The van der Waals surface area contributed by atoms with Gasteiger partial charge in [-0.05, 0) is 25.7 Å². The van der Waals surface area contributed by atoms with Crippen molar-refractivity contribution in [3.05, 3.63) is 12.7 Å². The number of carbonyl (C=O) groups is 2. The molecular weight excluding hydrogens is 777 g/mol. The van der Waals surface area contributed by atoms with Gasteiger partial charge in [-0.1, -0.05) is 180 Å². The van der Waals surface area contributed by atoms with E-state index in [1.807, 2.05) is 6.08 Å². The van der Waals surface area contributed by atoms with Crippen LogP contribution in [0.2, 0.25) is 0 Å². The molecule has 0 radical (unpaired) electrons. The van der Waals surface area contributed by atoms with Gasteiger partial charge in [-0.25, -0.2) is 0 Å². The lowest BCUT2D eigenvalue weighted by molar-refractivity contribution is -0.297. The SMILES string of the molecule is C=CCCCCCCCCCCCCCCCC(=O)O[C@H](COC(=O)CCCCCCCCCCCCCCCCCC)CO[C@H]1O[C@H](CS(=O)(=O)O)[C@@H](O)C(O)C1O. The Hall–Kier alpha value is -1.61. The van der Waals surface area contributed by atoms with Crippen molar-refractivity contribution in [1.29, 1.82) is 0 Å². The van der Waals surface area contributed by atoms with Crippen LogP contribution in [0.15, 0.2) is 12.7 Å². The molecule has 12 nitrogen and oxygen atoms in total. The molecule has 0 aromatic heterocycles. The van der Waals surface area contributed by atoms with Crippen LogP contribution >= 0.6 is 0 Å². The summed E-state index contributed by atoms with van der Waals surface area (Å²) in [4.78, 5) is 25.4. The number of aliphatic hydroxyl groups excluding tert-OH is 3. The average molecular weight is 863 g/mol. The first-order valence-corrected chi connectivity index (χ1v) is 25.3. The Morgan fingerprint density at radius 2 is 1.00 bits per heavy atom. The Balaban J connectivity index is 2.40. The normalized spacial score (nSPS) is 20.1. The second kappa shape index (κ2) is 37.0. The molecule has 0 spiro atoms. The molecule has 4 N–H and O–H groups in total. The molecule has 1 aliphatic rings. The number of esters is 2. The lowest BCUT2D eigenvalue weighted by atomic mass is 10.00. The highest BCUT2D eigenvalue weighted by Crippen LogP contribution is 2.24. The number of allylic oxidation sites excluding steroid dienone is 1. The highest BCUT2D eigenvalue weighted by molar-refractivity contribution is 7.85. The molecule has 1 rings (SSSR count). The van der Waals surface area contributed by atoms with Gasteiger partial charge in [0.25, 0.3) is 10.1 Å². The fourth-order valence-corrected chi connectivity index (χ4v) is 8.23. The monoisotopic (exact) mass is 863 g/mol. The van der Waals surface area contributed by atoms with Gasteiger partial charge in [-0.2, -0.15) is 8.42 Å². The highest BCUT2D eigenvalue weighted by atomic mass is 32.2. The van der Waals surface area contributed by atoms with Gasteiger partial charge in [0, 0.05) is 12.8 Å². The Kier molecular flexibility index (Phi) is 34.7. The first-order chi connectivity index (χ1) is 28.5. The minimum Gasteiger partial charge on any atom is -0.462 e. The second-order valence-electron chi connectivity index (χ2n) is 16.9. The van der Waals surface area contributed by atoms with Crippen LogP contribution in [0.25, 0.3) is 0 Å². The lowest BCUT2D eigenvalue weighted by Gasteiger charge is -2.40. The van der Waals surface area contributed by atoms with E-state index >= 15 is 0 Å².